The number of amides is 2. The minimum Gasteiger partial charge on any atom is -0.272 e. The molecule has 1 aromatic rings. The quantitative estimate of drug-likeness (QED) is 0.700. The maximum absolute atomic E-state index is 11.6. The lowest BCUT2D eigenvalue weighted by atomic mass is 10.1. The summed E-state index contributed by atoms with van der Waals surface area (Å²) >= 11 is 0.981. The number of likely N-dealkylation sites (N-methyl/N-ethyl adjacent to an activating group) is 1. The number of hydrogen-bond acceptors (Lipinski definition) is 3. The minimum atomic E-state index is -0.225. The Morgan fingerprint density at radius 3 is 2.62 bits per heavy atom. The Balaban J connectivity index is 2.33. The van der Waals surface area contributed by atoms with E-state index in [1.807, 2.05) is 31.2 Å². The third-order valence-corrected chi connectivity index (χ3v) is 3.29. The van der Waals surface area contributed by atoms with Crippen LogP contribution in [0.2, 0.25) is 0 Å². The maximum atomic E-state index is 11.6. The van der Waals surface area contributed by atoms with Crippen LogP contribution in [0.1, 0.15) is 11.1 Å². The zero-order chi connectivity index (χ0) is 11.7. The van der Waals surface area contributed by atoms with Gasteiger partial charge in [-0.25, -0.2) is 0 Å². The molecule has 82 valence electrons. The molecule has 2 amide bonds. The van der Waals surface area contributed by atoms with Crippen LogP contribution in [0, 0.1) is 6.92 Å². The van der Waals surface area contributed by atoms with Crippen LogP contribution in [-0.4, -0.2) is 23.1 Å². The van der Waals surface area contributed by atoms with E-state index >= 15 is 0 Å². The van der Waals surface area contributed by atoms with Gasteiger partial charge in [0, 0.05) is 7.05 Å². The van der Waals surface area contributed by atoms with E-state index in [0.717, 1.165) is 27.8 Å². The van der Waals surface area contributed by atoms with Crippen LogP contribution in [0.3, 0.4) is 0 Å². The fourth-order valence-corrected chi connectivity index (χ4v) is 2.28. The van der Waals surface area contributed by atoms with Crippen LogP contribution in [0.4, 0.5) is 4.79 Å². The second kappa shape index (κ2) is 4.14. The first-order valence-electron chi connectivity index (χ1n) is 4.86. The maximum Gasteiger partial charge on any atom is 0.293 e. The molecule has 0 spiro atoms. The number of thioether (sulfide) groups is 1. The molecule has 0 saturated carbocycles. The van der Waals surface area contributed by atoms with Crippen molar-refractivity contribution in [1.29, 1.82) is 0 Å². The molecule has 1 heterocycles. The van der Waals surface area contributed by atoms with Gasteiger partial charge in [0.05, 0.1) is 4.91 Å². The van der Waals surface area contributed by atoms with Gasteiger partial charge >= 0.3 is 0 Å². The summed E-state index contributed by atoms with van der Waals surface area (Å²) in [4.78, 5) is 24.5. The van der Waals surface area contributed by atoms with Gasteiger partial charge in [-0.15, -0.1) is 0 Å². The Labute approximate surface area is 98.1 Å². The van der Waals surface area contributed by atoms with Gasteiger partial charge in [-0.1, -0.05) is 29.8 Å². The summed E-state index contributed by atoms with van der Waals surface area (Å²) in [7, 11) is 1.49. The van der Waals surface area contributed by atoms with Crippen molar-refractivity contribution in [3.63, 3.8) is 0 Å². The standard InChI is InChI=1S/C12H11NO2S/c1-8-4-3-5-9(6-8)7-10-11(14)13(2)12(15)16-10/h3-7H,1-2H3/b10-7+. The fourth-order valence-electron chi connectivity index (χ4n) is 1.46. The highest BCUT2D eigenvalue weighted by atomic mass is 32.2. The molecule has 16 heavy (non-hydrogen) atoms. The first-order chi connectivity index (χ1) is 7.58. The number of carbonyl (C=O) groups excluding carboxylic acids is 2. The predicted octanol–water partition coefficient (Wildman–Crippen LogP) is 2.66. The van der Waals surface area contributed by atoms with E-state index in [2.05, 4.69) is 0 Å². The van der Waals surface area contributed by atoms with Gasteiger partial charge in [-0.3, -0.25) is 14.5 Å². The highest BCUT2D eigenvalue weighted by Gasteiger charge is 2.31. The van der Waals surface area contributed by atoms with Crippen molar-refractivity contribution >= 4 is 29.0 Å². The van der Waals surface area contributed by atoms with Gasteiger partial charge in [-0.2, -0.15) is 0 Å². The molecule has 1 aliphatic rings. The topological polar surface area (TPSA) is 37.4 Å². The number of rotatable bonds is 1. The predicted molar refractivity (Wildman–Crippen MR) is 64.9 cm³/mol. The number of aryl methyl sites for hydroxylation is 1. The Hall–Kier alpha value is -1.55. The summed E-state index contributed by atoms with van der Waals surface area (Å²) in [5.74, 6) is -0.225. The summed E-state index contributed by atoms with van der Waals surface area (Å²) in [6.45, 7) is 1.99. The van der Waals surface area contributed by atoms with Gasteiger partial charge in [0.1, 0.15) is 0 Å². The third kappa shape index (κ3) is 2.02. The van der Waals surface area contributed by atoms with Crippen molar-refractivity contribution in [1.82, 2.24) is 4.90 Å². The van der Waals surface area contributed by atoms with Crippen LogP contribution in [0.5, 0.6) is 0 Å². The molecule has 0 N–H and O–H groups in total. The second-order valence-electron chi connectivity index (χ2n) is 3.65. The van der Waals surface area contributed by atoms with E-state index in [1.165, 1.54) is 7.05 Å². The van der Waals surface area contributed by atoms with Crippen LogP contribution < -0.4 is 0 Å². The van der Waals surface area contributed by atoms with Gasteiger partial charge < -0.3 is 0 Å². The zero-order valence-electron chi connectivity index (χ0n) is 9.06. The van der Waals surface area contributed by atoms with E-state index in [1.54, 1.807) is 6.08 Å². The normalized spacial score (nSPS) is 18.6. The van der Waals surface area contributed by atoms with Crippen LogP contribution in [0.25, 0.3) is 6.08 Å². The molecule has 3 nitrogen and oxygen atoms in total. The van der Waals surface area contributed by atoms with Crippen molar-refractivity contribution in [3.05, 3.63) is 40.3 Å². The molecule has 1 aromatic carbocycles. The van der Waals surface area contributed by atoms with Gasteiger partial charge in [0.2, 0.25) is 0 Å². The molecule has 1 aliphatic heterocycles. The molecule has 0 atom stereocenters. The molecule has 2 rings (SSSR count). The fraction of sp³-hybridized carbons (Fsp3) is 0.167. The number of hydrogen-bond donors (Lipinski definition) is 0. The zero-order valence-corrected chi connectivity index (χ0v) is 9.88. The summed E-state index contributed by atoms with van der Waals surface area (Å²) in [5.41, 5.74) is 2.07. The van der Waals surface area contributed by atoms with Crippen molar-refractivity contribution in [2.45, 2.75) is 6.92 Å². The Morgan fingerprint density at radius 1 is 1.31 bits per heavy atom. The van der Waals surface area contributed by atoms with Crippen LogP contribution in [-0.2, 0) is 4.79 Å². The average molecular weight is 233 g/mol. The number of benzene rings is 1. The largest absolute Gasteiger partial charge is 0.293 e. The number of nitrogens with zero attached hydrogens (tertiary/aromatic N) is 1. The van der Waals surface area contributed by atoms with Gasteiger partial charge in [0.25, 0.3) is 11.1 Å². The average Bonchev–Trinajstić information content (AvgIpc) is 2.47. The highest BCUT2D eigenvalue weighted by Crippen LogP contribution is 2.30. The first kappa shape index (κ1) is 11.0. The van der Waals surface area contributed by atoms with E-state index < -0.39 is 0 Å². The molecule has 1 fully saturated rings. The lowest BCUT2D eigenvalue weighted by Crippen LogP contribution is -2.22. The van der Waals surface area contributed by atoms with Crippen molar-refractivity contribution in [2.24, 2.45) is 0 Å². The molecular weight excluding hydrogens is 222 g/mol. The summed E-state index contributed by atoms with van der Waals surface area (Å²) in [5, 5.41) is -0.219. The van der Waals surface area contributed by atoms with Crippen molar-refractivity contribution in [3.8, 4) is 0 Å². The van der Waals surface area contributed by atoms with Crippen LogP contribution in [0.15, 0.2) is 29.2 Å². The molecule has 1 saturated heterocycles. The monoisotopic (exact) mass is 233 g/mol. The molecule has 0 aromatic heterocycles. The molecule has 4 heteroatoms. The SMILES string of the molecule is Cc1cccc(/C=C2/SC(=O)N(C)C2=O)c1. The van der Waals surface area contributed by atoms with Crippen molar-refractivity contribution in [2.75, 3.05) is 7.05 Å². The molecule has 0 radical (unpaired) electrons. The Kier molecular flexibility index (Phi) is 2.83. The number of imide groups is 1. The Bertz CT molecular complexity index is 494. The lowest BCUT2D eigenvalue weighted by molar-refractivity contribution is -0.121. The highest BCUT2D eigenvalue weighted by molar-refractivity contribution is 8.18. The van der Waals surface area contributed by atoms with Gasteiger partial charge in [0.15, 0.2) is 0 Å². The third-order valence-electron chi connectivity index (χ3n) is 2.33. The van der Waals surface area contributed by atoms with E-state index in [-0.39, 0.29) is 11.1 Å². The molecule has 0 unspecified atom stereocenters. The van der Waals surface area contributed by atoms with E-state index in [4.69, 9.17) is 0 Å². The summed E-state index contributed by atoms with van der Waals surface area (Å²) in [6.07, 6.45) is 1.75. The lowest BCUT2D eigenvalue weighted by Gasteiger charge is -2.01. The molecule has 0 bridgehead atoms. The molecular formula is C12H11NO2S. The number of carbonyl (C=O) groups is 2. The van der Waals surface area contributed by atoms with Gasteiger partial charge in [-0.05, 0) is 30.3 Å². The second-order valence-corrected chi connectivity index (χ2v) is 4.65. The van der Waals surface area contributed by atoms with E-state index in [0.29, 0.717) is 4.91 Å². The van der Waals surface area contributed by atoms with E-state index in [9.17, 15) is 9.59 Å². The summed E-state index contributed by atoms with van der Waals surface area (Å²) in [6, 6.07) is 7.81. The minimum absolute atomic E-state index is 0.219. The van der Waals surface area contributed by atoms with Crippen molar-refractivity contribution < 1.29 is 9.59 Å². The Morgan fingerprint density at radius 2 is 2.06 bits per heavy atom. The molecule has 0 aliphatic carbocycles. The summed E-state index contributed by atoms with van der Waals surface area (Å²) < 4.78 is 0. The van der Waals surface area contributed by atoms with Crippen LogP contribution >= 0.6 is 11.8 Å². The smallest absolute Gasteiger partial charge is 0.272 e. The first-order valence-corrected chi connectivity index (χ1v) is 5.68.